The minimum absolute atomic E-state index is 0.162. The second kappa shape index (κ2) is 9.69. The zero-order valence-corrected chi connectivity index (χ0v) is 20.0. The molecule has 2 aliphatic rings. The number of allylic oxidation sites excluding steroid dienone is 1. The molecule has 0 bridgehead atoms. The number of benzene rings is 2. The van der Waals surface area contributed by atoms with Gasteiger partial charge in [-0.25, -0.2) is 9.78 Å². The van der Waals surface area contributed by atoms with Gasteiger partial charge in [0.15, 0.2) is 18.1 Å². The smallest absolute Gasteiger partial charge is 0.339 e. The number of hydrogen-bond acceptors (Lipinski definition) is 7. The Bertz CT molecular complexity index is 1410. The van der Waals surface area contributed by atoms with Crippen molar-refractivity contribution in [1.82, 2.24) is 15.2 Å². The number of nitrogens with zero attached hydrogens (tertiary/aromatic N) is 2. The molecule has 1 aliphatic carbocycles. The molecule has 36 heavy (non-hydrogen) atoms. The number of hydrogen-bond donors (Lipinski definition) is 1. The lowest BCUT2D eigenvalue weighted by atomic mass is 10.0. The van der Waals surface area contributed by atoms with Crippen LogP contribution in [0.15, 0.2) is 42.5 Å². The molecule has 0 saturated carbocycles. The third-order valence-corrected chi connectivity index (χ3v) is 6.15. The Kier molecular flexibility index (Phi) is 6.28. The van der Waals surface area contributed by atoms with Gasteiger partial charge < -0.3 is 24.4 Å². The lowest BCUT2D eigenvalue weighted by Crippen LogP contribution is -2.38. The highest BCUT2D eigenvalue weighted by Gasteiger charge is 2.28. The van der Waals surface area contributed by atoms with Crippen LogP contribution in [0.25, 0.3) is 22.6 Å². The number of amides is 2. The zero-order valence-electron chi connectivity index (χ0n) is 20.0. The van der Waals surface area contributed by atoms with Gasteiger partial charge in [0.2, 0.25) is 12.7 Å². The van der Waals surface area contributed by atoms with Crippen molar-refractivity contribution < 1.29 is 28.6 Å². The Labute approximate surface area is 207 Å². The molecule has 5 rings (SSSR count). The molecular formula is C27H25N3O6. The lowest BCUT2D eigenvalue weighted by molar-refractivity contribution is -0.131. The van der Waals surface area contributed by atoms with Gasteiger partial charge in [0.25, 0.3) is 5.91 Å². The van der Waals surface area contributed by atoms with E-state index in [9.17, 15) is 14.4 Å². The van der Waals surface area contributed by atoms with E-state index in [4.69, 9.17) is 19.2 Å². The van der Waals surface area contributed by atoms with Crippen LogP contribution in [0.2, 0.25) is 0 Å². The normalized spacial score (nSPS) is 14.6. The van der Waals surface area contributed by atoms with Gasteiger partial charge in [0, 0.05) is 19.5 Å². The fourth-order valence-corrected chi connectivity index (χ4v) is 4.30. The van der Waals surface area contributed by atoms with Gasteiger partial charge in [-0.15, -0.1) is 0 Å². The first kappa shape index (κ1) is 23.3. The average Bonchev–Trinajstić information content (AvgIpc) is 3.51. The highest BCUT2D eigenvalue weighted by atomic mass is 16.7. The summed E-state index contributed by atoms with van der Waals surface area (Å²) >= 11 is 0. The van der Waals surface area contributed by atoms with Crippen LogP contribution in [0.3, 0.4) is 0 Å². The lowest BCUT2D eigenvalue weighted by Gasteiger charge is -2.13. The second-order valence-electron chi connectivity index (χ2n) is 8.75. The summed E-state index contributed by atoms with van der Waals surface area (Å²) < 4.78 is 16.2. The van der Waals surface area contributed by atoms with Crippen LogP contribution in [-0.4, -0.2) is 61.7 Å². The van der Waals surface area contributed by atoms with Gasteiger partial charge in [0.1, 0.15) is 0 Å². The molecule has 2 amide bonds. The first-order valence-electron chi connectivity index (χ1n) is 11.6. The van der Waals surface area contributed by atoms with Crippen molar-refractivity contribution in [1.29, 1.82) is 0 Å². The number of nitrogens with one attached hydrogen (secondary N) is 1. The van der Waals surface area contributed by atoms with Crippen LogP contribution < -0.4 is 14.8 Å². The van der Waals surface area contributed by atoms with Crippen LogP contribution in [0.1, 0.15) is 33.6 Å². The topological polar surface area (TPSA) is 107 Å². The Balaban J connectivity index is 1.41. The Morgan fingerprint density at radius 3 is 2.72 bits per heavy atom. The van der Waals surface area contributed by atoms with Gasteiger partial charge in [-0.3, -0.25) is 9.59 Å². The molecule has 0 fully saturated rings. The van der Waals surface area contributed by atoms with Crippen molar-refractivity contribution in [3.8, 4) is 11.5 Å². The fourth-order valence-electron chi connectivity index (χ4n) is 4.30. The molecule has 0 unspecified atom stereocenters. The van der Waals surface area contributed by atoms with Gasteiger partial charge >= 0.3 is 5.97 Å². The molecule has 1 aliphatic heterocycles. The summed E-state index contributed by atoms with van der Waals surface area (Å²) in [7, 11) is 3.19. The Morgan fingerprint density at radius 1 is 1.08 bits per heavy atom. The number of rotatable bonds is 6. The predicted octanol–water partition coefficient (Wildman–Crippen LogP) is 2.81. The molecule has 1 aromatic heterocycles. The molecule has 3 aromatic rings. The number of carbonyl (C=O) groups excluding carboxylic acids is 3. The number of ether oxygens (including phenoxy) is 3. The van der Waals surface area contributed by atoms with Crippen molar-refractivity contribution in [3.63, 3.8) is 0 Å². The van der Waals surface area contributed by atoms with Crippen molar-refractivity contribution in [2.45, 2.75) is 12.8 Å². The third kappa shape index (κ3) is 4.59. The van der Waals surface area contributed by atoms with E-state index >= 15 is 0 Å². The molecule has 0 saturated heterocycles. The molecule has 0 radical (unpaired) electrons. The monoisotopic (exact) mass is 487 g/mol. The second-order valence-corrected chi connectivity index (χ2v) is 8.75. The van der Waals surface area contributed by atoms with E-state index in [0.717, 1.165) is 22.4 Å². The summed E-state index contributed by atoms with van der Waals surface area (Å²) in [5, 5.41) is 3.14. The predicted molar refractivity (Wildman–Crippen MR) is 132 cm³/mol. The SMILES string of the molecule is CN(C)C(=O)CNC(=O)COC(=O)c1c2c(nc3ccccc13)C(=Cc1ccc3c(c1)OCO3)CC2. The average molecular weight is 488 g/mol. The number of aromatic nitrogens is 1. The molecule has 9 nitrogen and oxygen atoms in total. The fraction of sp³-hybridized carbons (Fsp3) is 0.259. The zero-order chi connectivity index (χ0) is 25.2. The van der Waals surface area contributed by atoms with Crippen LogP contribution in [0.5, 0.6) is 11.5 Å². The van der Waals surface area contributed by atoms with Crippen LogP contribution in [0, 0.1) is 0 Å². The van der Waals surface area contributed by atoms with Gasteiger partial charge in [-0.05, 0) is 53.8 Å². The van der Waals surface area contributed by atoms with Crippen molar-refractivity contribution in [2.24, 2.45) is 0 Å². The van der Waals surface area contributed by atoms with E-state index in [1.54, 1.807) is 14.1 Å². The van der Waals surface area contributed by atoms with Crippen LogP contribution >= 0.6 is 0 Å². The van der Waals surface area contributed by atoms with E-state index in [2.05, 4.69) is 5.32 Å². The Morgan fingerprint density at radius 2 is 1.89 bits per heavy atom. The Hall–Kier alpha value is -4.40. The molecule has 0 spiro atoms. The van der Waals surface area contributed by atoms with E-state index in [1.807, 2.05) is 48.5 Å². The van der Waals surface area contributed by atoms with E-state index in [1.165, 1.54) is 4.90 Å². The van der Waals surface area contributed by atoms with Crippen molar-refractivity contribution >= 4 is 40.3 Å². The minimum Gasteiger partial charge on any atom is -0.454 e. The highest BCUT2D eigenvalue weighted by Crippen LogP contribution is 2.39. The maximum atomic E-state index is 13.2. The standard InChI is InChI=1S/C27H25N3O6/c1-30(2)24(32)13-28-23(31)14-34-27(33)25-18-5-3-4-6-20(18)29-26-17(8-9-19(25)26)11-16-7-10-21-22(12-16)36-15-35-21/h3-7,10-12H,8-9,13-15H2,1-2H3,(H,28,31). The number of pyridine rings is 1. The molecule has 0 atom stereocenters. The number of para-hydroxylation sites is 1. The number of carbonyl (C=O) groups is 3. The first-order valence-corrected chi connectivity index (χ1v) is 11.6. The maximum Gasteiger partial charge on any atom is 0.339 e. The minimum atomic E-state index is -0.594. The largest absolute Gasteiger partial charge is 0.454 e. The molecule has 184 valence electrons. The van der Waals surface area contributed by atoms with Gasteiger partial charge in [0.05, 0.1) is 23.3 Å². The highest BCUT2D eigenvalue weighted by molar-refractivity contribution is 6.07. The number of fused-ring (bicyclic) bond motifs is 3. The number of likely N-dealkylation sites (N-methyl/N-ethyl adjacent to an activating group) is 1. The molecule has 1 N–H and O–H groups in total. The first-order chi connectivity index (χ1) is 17.4. The molecule has 2 heterocycles. The van der Waals surface area contributed by atoms with E-state index in [0.29, 0.717) is 40.8 Å². The van der Waals surface area contributed by atoms with Gasteiger partial charge in [-0.1, -0.05) is 24.3 Å². The third-order valence-electron chi connectivity index (χ3n) is 6.15. The van der Waals surface area contributed by atoms with Crippen LogP contribution in [-0.2, 0) is 20.7 Å². The summed E-state index contributed by atoms with van der Waals surface area (Å²) in [6, 6.07) is 13.1. The molecular weight excluding hydrogens is 462 g/mol. The van der Waals surface area contributed by atoms with E-state index < -0.39 is 18.5 Å². The summed E-state index contributed by atoms with van der Waals surface area (Å²) in [5.74, 6) is 0.0201. The summed E-state index contributed by atoms with van der Waals surface area (Å²) in [5.41, 5.74) is 4.59. The van der Waals surface area contributed by atoms with Gasteiger partial charge in [-0.2, -0.15) is 0 Å². The summed E-state index contributed by atoms with van der Waals surface area (Å²) in [6.07, 6.45) is 3.37. The molecule has 9 heteroatoms. The van der Waals surface area contributed by atoms with Crippen molar-refractivity contribution in [2.75, 3.05) is 34.0 Å². The summed E-state index contributed by atoms with van der Waals surface area (Å²) in [4.78, 5) is 43.2. The number of esters is 1. The van der Waals surface area contributed by atoms with Crippen LogP contribution in [0.4, 0.5) is 0 Å². The molecule has 2 aromatic carbocycles. The quantitative estimate of drug-likeness (QED) is 0.533. The van der Waals surface area contributed by atoms with E-state index in [-0.39, 0.29) is 19.2 Å². The summed E-state index contributed by atoms with van der Waals surface area (Å²) in [6.45, 7) is -0.434. The maximum absolute atomic E-state index is 13.2. The van der Waals surface area contributed by atoms with Crippen molar-refractivity contribution in [3.05, 3.63) is 64.8 Å².